The summed E-state index contributed by atoms with van der Waals surface area (Å²) in [6.45, 7) is 5.40. The first kappa shape index (κ1) is 24.1. The summed E-state index contributed by atoms with van der Waals surface area (Å²) in [6, 6.07) is 7.77. The van der Waals surface area contributed by atoms with Crippen molar-refractivity contribution in [3.8, 4) is 11.4 Å². The number of aryl methyl sites for hydroxylation is 1. The van der Waals surface area contributed by atoms with Crippen LogP contribution >= 0.6 is 24.0 Å². The van der Waals surface area contributed by atoms with Gasteiger partial charge in [0.15, 0.2) is 22.1 Å². The maximum Gasteiger partial charge on any atom is 0.236 e. The lowest BCUT2D eigenvalue weighted by molar-refractivity contribution is -0.116. The fourth-order valence-corrected chi connectivity index (χ4v) is 5.45. The maximum atomic E-state index is 11.4. The zero-order chi connectivity index (χ0) is 25.5. The molecule has 5 heterocycles. The van der Waals surface area contributed by atoms with Crippen molar-refractivity contribution in [3.05, 3.63) is 40.4 Å². The Labute approximate surface area is 220 Å². The number of amides is 1. The van der Waals surface area contributed by atoms with Gasteiger partial charge in [0.25, 0.3) is 0 Å². The highest BCUT2D eigenvalue weighted by Gasteiger charge is 2.44. The average molecular weight is 541 g/mol. The monoisotopic (exact) mass is 540 g/mol. The van der Waals surface area contributed by atoms with Crippen LogP contribution in [0.4, 0.5) is 0 Å². The molecule has 6 rings (SSSR count). The maximum absolute atomic E-state index is 11.4. The van der Waals surface area contributed by atoms with Crippen molar-refractivity contribution in [1.82, 2.24) is 39.9 Å². The Bertz CT molecular complexity index is 1460. The molecule has 0 radical (unpaired) electrons. The minimum Gasteiger partial charge on any atom is -0.344 e. The summed E-state index contributed by atoms with van der Waals surface area (Å²) < 4.78 is 16.2. The van der Waals surface area contributed by atoms with Gasteiger partial charge in [0.2, 0.25) is 11.7 Å². The number of ether oxygens (including phenoxy) is 2. The van der Waals surface area contributed by atoms with Crippen LogP contribution in [0.2, 0.25) is 0 Å². The minimum atomic E-state index is -0.561. The van der Waals surface area contributed by atoms with Crippen LogP contribution < -0.4 is 5.32 Å². The summed E-state index contributed by atoms with van der Waals surface area (Å²) in [5.41, 5.74) is 2.69. The molecular weight excluding hydrogens is 516 g/mol. The molecule has 3 aliphatic heterocycles. The van der Waals surface area contributed by atoms with E-state index in [0.29, 0.717) is 59.2 Å². The van der Waals surface area contributed by atoms with Crippen LogP contribution in [0, 0.1) is 11.7 Å². The fourth-order valence-electron chi connectivity index (χ4n) is 4.42. The third kappa shape index (κ3) is 4.74. The number of benzene rings is 1. The van der Waals surface area contributed by atoms with E-state index >= 15 is 0 Å². The Balaban J connectivity index is 1.26. The molecule has 13 nitrogen and oxygen atoms in total. The summed E-state index contributed by atoms with van der Waals surface area (Å²) in [7, 11) is 0. The summed E-state index contributed by atoms with van der Waals surface area (Å²) in [5.74, 6) is 1.51. The van der Waals surface area contributed by atoms with E-state index in [1.807, 2.05) is 42.7 Å². The first-order chi connectivity index (χ1) is 18.0. The number of carbonyl (C=O) groups excluding carboxylic acids is 1. The largest absolute Gasteiger partial charge is 0.344 e. The van der Waals surface area contributed by atoms with Crippen molar-refractivity contribution < 1.29 is 14.3 Å². The van der Waals surface area contributed by atoms with Crippen molar-refractivity contribution in [3.63, 3.8) is 0 Å². The van der Waals surface area contributed by atoms with E-state index in [1.165, 1.54) is 22.1 Å². The standard InChI is InChI=1S/C22H24N10O3S2/c1-3-30-17(9-31-28-19(25-29-31)13-6-4-12(2)5-7-13)27-32(22(30)36)15-8-14(20-34-10-16(15)35-20)24-26-21-23-18(33)11-37-21/h4-7,15-16,20H,3,8-11H2,1-2H3,(H,23,26,33)/b24-14-/t15-,16+,20+/m0/s1. The van der Waals surface area contributed by atoms with E-state index in [9.17, 15) is 4.79 Å². The number of aromatic nitrogens is 7. The molecule has 0 unspecified atom stereocenters. The predicted octanol–water partition coefficient (Wildman–Crippen LogP) is 1.71. The molecule has 3 saturated heterocycles. The van der Waals surface area contributed by atoms with Gasteiger partial charge in [-0.15, -0.1) is 15.3 Å². The van der Waals surface area contributed by atoms with Crippen LogP contribution in [0.5, 0.6) is 0 Å². The van der Waals surface area contributed by atoms with E-state index in [-0.39, 0.29) is 18.1 Å². The highest BCUT2D eigenvalue weighted by atomic mass is 32.2. The first-order valence-corrected chi connectivity index (χ1v) is 13.2. The Morgan fingerprint density at radius 1 is 1.24 bits per heavy atom. The molecule has 3 atom stereocenters. The van der Waals surface area contributed by atoms with Crippen LogP contribution in [0.25, 0.3) is 11.4 Å². The number of carbonyl (C=O) groups is 1. The number of amidine groups is 1. The summed E-state index contributed by atoms with van der Waals surface area (Å²) >= 11 is 7.12. The van der Waals surface area contributed by atoms with Crippen LogP contribution in [-0.4, -0.2) is 76.1 Å². The van der Waals surface area contributed by atoms with Gasteiger partial charge in [0, 0.05) is 18.5 Å². The van der Waals surface area contributed by atoms with Gasteiger partial charge in [0.1, 0.15) is 12.6 Å². The molecule has 2 bridgehead atoms. The number of thioether (sulfide) groups is 1. The van der Waals surface area contributed by atoms with Crippen molar-refractivity contribution in [2.24, 2.45) is 10.2 Å². The number of nitrogens with zero attached hydrogens (tertiary/aromatic N) is 9. The van der Waals surface area contributed by atoms with E-state index in [1.54, 1.807) is 4.68 Å². The van der Waals surface area contributed by atoms with Gasteiger partial charge < -0.3 is 19.4 Å². The molecular formula is C22H24N10O3S2. The number of tetrazole rings is 1. The third-order valence-corrected chi connectivity index (χ3v) is 7.59. The highest BCUT2D eigenvalue weighted by molar-refractivity contribution is 8.15. The third-order valence-electron chi connectivity index (χ3n) is 6.32. The molecule has 15 heteroatoms. The fraction of sp³-hybridized carbons (Fsp3) is 0.455. The molecule has 3 aromatic rings. The normalized spacial score (nSPS) is 25.4. The highest BCUT2D eigenvalue weighted by Crippen LogP contribution is 2.34. The molecule has 0 saturated carbocycles. The molecule has 3 fully saturated rings. The van der Waals surface area contributed by atoms with Gasteiger partial charge >= 0.3 is 0 Å². The second-order valence-corrected chi connectivity index (χ2v) is 10.2. The van der Waals surface area contributed by atoms with E-state index in [2.05, 4.69) is 30.9 Å². The average Bonchev–Trinajstić information content (AvgIpc) is 3.68. The number of rotatable bonds is 6. The molecule has 0 aliphatic carbocycles. The Morgan fingerprint density at radius 3 is 2.84 bits per heavy atom. The number of fused-ring (bicyclic) bond motifs is 2. The molecule has 37 heavy (non-hydrogen) atoms. The van der Waals surface area contributed by atoms with Crippen LogP contribution in [0.1, 0.15) is 30.8 Å². The number of hydrogen-bond donors (Lipinski definition) is 1. The van der Waals surface area contributed by atoms with E-state index in [4.69, 9.17) is 26.8 Å². The zero-order valence-electron chi connectivity index (χ0n) is 20.1. The van der Waals surface area contributed by atoms with E-state index in [0.717, 1.165) is 5.56 Å². The number of nitrogens with one attached hydrogen (secondary N) is 1. The van der Waals surface area contributed by atoms with Crippen molar-refractivity contribution >= 4 is 40.8 Å². The van der Waals surface area contributed by atoms with Crippen LogP contribution in [0.3, 0.4) is 0 Å². The molecule has 1 N–H and O–H groups in total. The summed E-state index contributed by atoms with van der Waals surface area (Å²) in [5, 5.41) is 29.5. The minimum absolute atomic E-state index is 0.0873. The van der Waals surface area contributed by atoms with Crippen molar-refractivity contribution in [2.45, 2.75) is 51.8 Å². The molecule has 3 aliphatic rings. The van der Waals surface area contributed by atoms with Gasteiger partial charge in [-0.3, -0.25) is 4.79 Å². The lowest BCUT2D eigenvalue weighted by Crippen LogP contribution is -2.37. The quantitative estimate of drug-likeness (QED) is 0.366. The predicted molar refractivity (Wildman–Crippen MR) is 138 cm³/mol. The summed E-state index contributed by atoms with van der Waals surface area (Å²) in [4.78, 5) is 13.0. The lowest BCUT2D eigenvalue weighted by Gasteiger charge is -2.27. The van der Waals surface area contributed by atoms with Crippen molar-refractivity contribution in [1.29, 1.82) is 0 Å². The van der Waals surface area contributed by atoms with Gasteiger partial charge in [-0.05, 0) is 31.3 Å². The van der Waals surface area contributed by atoms with Crippen LogP contribution in [0.15, 0.2) is 34.5 Å². The molecule has 2 aromatic heterocycles. The zero-order valence-corrected chi connectivity index (χ0v) is 21.8. The molecule has 1 amide bonds. The molecule has 192 valence electrons. The lowest BCUT2D eigenvalue weighted by atomic mass is 10.0. The van der Waals surface area contributed by atoms with Crippen molar-refractivity contribution in [2.75, 3.05) is 12.4 Å². The van der Waals surface area contributed by atoms with Gasteiger partial charge in [-0.25, -0.2) is 4.68 Å². The first-order valence-electron chi connectivity index (χ1n) is 11.9. The Kier molecular flexibility index (Phi) is 6.44. The SMILES string of the molecule is CCn1c(Cn2nnc(-c3ccc(C)cc3)n2)nn([C@H]2C/C(=N/N=C3/NC(=O)CS3)[C@@H]3OC[C@H]2O3)c1=S. The van der Waals surface area contributed by atoms with Gasteiger partial charge in [-0.2, -0.15) is 15.0 Å². The molecule has 0 spiro atoms. The van der Waals surface area contributed by atoms with E-state index < -0.39 is 6.29 Å². The topological polar surface area (TPSA) is 139 Å². The Morgan fingerprint density at radius 2 is 2.08 bits per heavy atom. The smallest absolute Gasteiger partial charge is 0.236 e. The second-order valence-electron chi connectivity index (χ2n) is 8.84. The molecule has 1 aromatic carbocycles. The van der Waals surface area contributed by atoms with Crippen LogP contribution in [-0.2, 0) is 27.4 Å². The second kappa shape index (κ2) is 9.89. The van der Waals surface area contributed by atoms with Gasteiger partial charge in [-0.1, -0.05) is 41.6 Å². The number of hydrogen-bond acceptors (Lipinski definition) is 11. The van der Waals surface area contributed by atoms with Gasteiger partial charge in [0.05, 0.1) is 24.1 Å². The Hall–Kier alpha value is -3.27. The summed E-state index contributed by atoms with van der Waals surface area (Å²) in [6.07, 6.45) is -0.262.